The molecule has 0 atom stereocenters. The zero-order chi connectivity index (χ0) is 21.5. The molecule has 2 amide bonds. The van der Waals surface area contributed by atoms with Crippen molar-refractivity contribution in [1.29, 1.82) is 0 Å². The van der Waals surface area contributed by atoms with E-state index in [1.54, 1.807) is 24.3 Å². The van der Waals surface area contributed by atoms with E-state index in [4.69, 9.17) is 23.2 Å². The number of nitrogens with one attached hydrogen (secondary N) is 1. The summed E-state index contributed by atoms with van der Waals surface area (Å²) in [6.45, 7) is 5.14. The van der Waals surface area contributed by atoms with E-state index in [2.05, 4.69) is 10.2 Å². The Kier molecular flexibility index (Phi) is 7.77. The van der Waals surface area contributed by atoms with Crippen LogP contribution in [0.25, 0.3) is 6.08 Å². The molecule has 3 rings (SSSR count). The second-order valence-electron chi connectivity index (χ2n) is 7.15. The molecule has 0 radical (unpaired) electrons. The van der Waals surface area contributed by atoms with Gasteiger partial charge in [0.05, 0.1) is 0 Å². The molecule has 0 bridgehead atoms. The number of carbonyl (C=O) groups excluding carboxylic acids is 2. The van der Waals surface area contributed by atoms with Crippen molar-refractivity contribution in [3.8, 4) is 0 Å². The Morgan fingerprint density at radius 2 is 1.73 bits per heavy atom. The fourth-order valence-corrected chi connectivity index (χ4v) is 3.80. The first kappa shape index (κ1) is 22.2. The number of halogens is 2. The van der Waals surface area contributed by atoms with E-state index in [1.165, 1.54) is 6.08 Å². The maximum absolute atomic E-state index is 12.2. The van der Waals surface area contributed by atoms with E-state index < -0.39 is 0 Å². The number of rotatable bonds is 6. The van der Waals surface area contributed by atoms with E-state index in [0.717, 1.165) is 43.9 Å². The zero-order valence-corrected chi connectivity index (χ0v) is 18.4. The summed E-state index contributed by atoms with van der Waals surface area (Å²) < 4.78 is 0. The van der Waals surface area contributed by atoms with Gasteiger partial charge in [-0.2, -0.15) is 0 Å². The Morgan fingerprint density at radius 1 is 1.03 bits per heavy atom. The molecule has 5 nitrogen and oxygen atoms in total. The van der Waals surface area contributed by atoms with E-state index in [9.17, 15) is 9.59 Å². The van der Waals surface area contributed by atoms with Gasteiger partial charge in [0.1, 0.15) is 0 Å². The van der Waals surface area contributed by atoms with Crippen molar-refractivity contribution >= 4 is 52.5 Å². The lowest BCUT2D eigenvalue weighted by molar-refractivity contribution is -0.131. The minimum absolute atomic E-state index is 0.239. The zero-order valence-electron chi connectivity index (χ0n) is 16.9. The summed E-state index contributed by atoms with van der Waals surface area (Å²) in [5.74, 6) is -0.0000275. The van der Waals surface area contributed by atoms with Crippen molar-refractivity contribution in [2.75, 3.05) is 36.4 Å². The Hall–Kier alpha value is -2.50. The molecule has 7 heteroatoms. The third-order valence-corrected chi connectivity index (χ3v) is 5.54. The van der Waals surface area contributed by atoms with Gasteiger partial charge in [-0.3, -0.25) is 9.59 Å². The quantitative estimate of drug-likeness (QED) is 0.629. The molecule has 30 heavy (non-hydrogen) atoms. The second-order valence-corrected chi connectivity index (χ2v) is 8.00. The van der Waals surface area contributed by atoms with Crippen LogP contribution >= 0.6 is 23.2 Å². The Balaban J connectivity index is 1.53. The highest BCUT2D eigenvalue weighted by molar-refractivity contribution is 6.35. The van der Waals surface area contributed by atoms with Crippen LogP contribution in [0.5, 0.6) is 0 Å². The average molecular weight is 446 g/mol. The average Bonchev–Trinajstić information content (AvgIpc) is 2.74. The fourth-order valence-electron chi connectivity index (χ4n) is 3.33. The van der Waals surface area contributed by atoms with Gasteiger partial charge in [-0.1, -0.05) is 36.2 Å². The Morgan fingerprint density at radius 3 is 2.37 bits per heavy atom. The SMILES string of the molecule is CCCC(=O)N1CCN(c2ccc(NC(=O)C=Cc3ccc(Cl)cc3Cl)cc2)CC1. The molecule has 2 aromatic rings. The smallest absolute Gasteiger partial charge is 0.248 e. The summed E-state index contributed by atoms with van der Waals surface area (Å²) in [5, 5.41) is 3.89. The number of anilines is 2. The fraction of sp³-hybridized carbons (Fsp3) is 0.304. The summed E-state index contributed by atoms with van der Waals surface area (Å²) in [6, 6.07) is 12.9. The molecule has 0 spiro atoms. The molecule has 1 N–H and O–H groups in total. The van der Waals surface area contributed by atoms with Gasteiger partial charge in [-0.15, -0.1) is 0 Å². The molecule has 0 aromatic heterocycles. The summed E-state index contributed by atoms with van der Waals surface area (Å²) in [7, 11) is 0. The highest BCUT2D eigenvalue weighted by Crippen LogP contribution is 2.23. The van der Waals surface area contributed by atoms with Crippen LogP contribution in [-0.2, 0) is 9.59 Å². The van der Waals surface area contributed by atoms with Gasteiger partial charge in [-0.25, -0.2) is 0 Å². The number of hydrogen-bond donors (Lipinski definition) is 1. The molecule has 1 saturated heterocycles. The second kappa shape index (κ2) is 10.5. The first-order valence-electron chi connectivity index (χ1n) is 10.0. The molecule has 0 unspecified atom stereocenters. The molecule has 1 aliphatic rings. The normalized spacial score (nSPS) is 14.2. The highest BCUT2D eigenvalue weighted by Gasteiger charge is 2.20. The molecule has 2 aromatic carbocycles. The van der Waals surface area contributed by atoms with Gasteiger partial charge in [0, 0.05) is 60.1 Å². The minimum Gasteiger partial charge on any atom is -0.368 e. The molecular formula is C23H25Cl2N3O2. The Bertz CT molecular complexity index is 921. The van der Waals surface area contributed by atoms with Gasteiger partial charge in [0.15, 0.2) is 0 Å². The van der Waals surface area contributed by atoms with Gasteiger partial charge in [0.2, 0.25) is 11.8 Å². The summed E-state index contributed by atoms with van der Waals surface area (Å²) in [4.78, 5) is 28.4. The largest absolute Gasteiger partial charge is 0.368 e. The van der Waals surface area contributed by atoms with Crippen molar-refractivity contribution in [3.63, 3.8) is 0 Å². The maximum Gasteiger partial charge on any atom is 0.248 e. The van der Waals surface area contributed by atoms with Crippen LogP contribution in [-0.4, -0.2) is 42.9 Å². The monoisotopic (exact) mass is 445 g/mol. The van der Waals surface area contributed by atoms with Crippen molar-refractivity contribution in [3.05, 3.63) is 64.1 Å². The number of piperazine rings is 1. The van der Waals surface area contributed by atoms with Crippen molar-refractivity contribution in [2.24, 2.45) is 0 Å². The summed E-state index contributed by atoms with van der Waals surface area (Å²) in [5.41, 5.74) is 2.52. The molecule has 158 valence electrons. The minimum atomic E-state index is -0.239. The predicted molar refractivity (Wildman–Crippen MR) is 124 cm³/mol. The molecule has 0 aliphatic carbocycles. The van der Waals surface area contributed by atoms with Crippen LogP contribution < -0.4 is 10.2 Å². The number of amides is 2. The molecule has 1 heterocycles. The first-order valence-corrected chi connectivity index (χ1v) is 10.8. The lowest BCUT2D eigenvalue weighted by atomic mass is 10.2. The lowest BCUT2D eigenvalue weighted by Crippen LogP contribution is -2.48. The number of benzene rings is 2. The molecule has 0 saturated carbocycles. The van der Waals surface area contributed by atoms with Crippen molar-refractivity contribution in [2.45, 2.75) is 19.8 Å². The number of nitrogens with zero attached hydrogens (tertiary/aromatic N) is 2. The lowest BCUT2D eigenvalue weighted by Gasteiger charge is -2.36. The van der Waals surface area contributed by atoms with Crippen LogP contribution in [0.2, 0.25) is 10.0 Å². The van der Waals surface area contributed by atoms with E-state index in [1.807, 2.05) is 36.1 Å². The molecule has 1 fully saturated rings. The topological polar surface area (TPSA) is 52.7 Å². The van der Waals surface area contributed by atoms with Gasteiger partial charge in [-0.05, 0) is 54.5 Å². The van der Waals surface area contributed by atoms with Gasteiger partial charge >= 0.3 is 0 Å². The molecule has 1 aliphatic heterocycles. The van der Waals surface area contributed by atoms with Crippen molar-refractivity contribution < 1.29 is 9.59 Å². The Labute approximate surface area is 187 Å². The van der Waals surface area contributed by atoms with E-state index in [0.29, 0.717) is 22.2 Å². The van der Waals surface area contributed by atoms with E-state index in [-0.39, 0.29) is 11.8 Å². The van der Waals surface area contributed by atoms with Crippen LogP contribution in [0, 0.1) is 0 Å². The predicted octanol–water partition coefficient (Wildman–Crippen LogP) is 5.09. The van der Waals surface area contributed by atoms with Gasteiger partial charge in [0.25, 0.3) is 0 Å². The van der Waals surface area contributed by atoms with Crippen LogP contribution in [0.3, 0.4) is 0 Å². The standard InChI is InChI=1S/C23H25Cl2N3O2/c1-2-3-23(30)28-14-12-27(13-15-28)20-9-7-19(8-10-20)26-22(29)11-5-17-4-6-18(24)16-21(17)25/h4-11,16H,2-3,12-15H2,1H3,(H,26,29). The van der Waals surface area contributed by atoms with E-state index >= 15 is 0 Å². The first-order chi connectivity index (χ1) is 14.5. The maximum atomic E-state index is 12.2. The van der Waals surface area contributed by atoms with Crippen LogP contribution in [0.4, 0.5) is 11.4 Å². The van der Waals surface area contributed by atoms with Crippen LogP contribution in [0.1, 0.15) is 25.3 Å². The third-order valence-electron chi connectivity index (χ3n) is 4.97. The third kappa shape index (κ3) is 6.00. The summed E-state index contributed by atoms with van der Waals surface area (Å²) in [6.07, 6.45) is 4.60. The van der Waals surface area contributed by atoms with Crippen molar-refractivity contribution in [1.82, 2.24) is 4.90 Å². The van der Waals surface area contributed by atoms with Gasteiger partial charge < -0.3 is 15.1 Å². The number of carbonyl (C=O) groups is 2. The highest BCUT2D eigenvalue weighted by atomic mass is 35.5. The van der Waals surface area contributed by atoms with Crippen LogP contribution in [0.15, 0.2) is 48.5 Å². The molecular weight excluding hydrogens is 421 g/mol. The number of hydrogen-bond acceptors (Lipinski definition) is 3. The summed E-state index contributed by atoms with van der Waals surface area (Å²) >= 11 is 12.0.